The van der Waals surface area contributed by atoms with Crippen molar-refractivity contribution >= 4 is 11.9 Å². The van der Waals surface area contributed by atoms with Crippen molar-refractivity contribution in [3.63, 3.8) is 0 Å². The summed E-state index contributed by atoms with van der Waals surface area (Å²) in [5.74, 6) is -2.05. The monoisotopic (exact) mass is 319 g/mol. The van der Waals surface area contributed by atoms with Gasteiger partial charge >= 0.3 is 5.97 Å². The Balaban J connectivity index is 2.30. The maximum absolute atomic E-state index is 13.9. The van der Waals surface area contributed by atoms with Crippen molar-refractivity contribution in [3.05, 3.63) is 41.3 Å². The first-order valence-electron chi connectivity index (χ1n) is 7.24. The lowest BCUT2D eigenvalue weighted by atomic mass is 10.0. The summed E-state index contributed by atoms with van der Waals surface area (Å²) in [7, 11) is 1.76. The molecule has 0 bridgehead atoms. The zero-order valence-electron chi connectivity index (χ0n) is 13.0. The Kier molecular flexibility index (Phi) is 5.10. The number of nitrogens with one attached hydrogen (secondary N) is 1. The Labute approximate surface area is 132 Å². The fourth-order valence-corrected chi connectivity index (χ4v) is 2.36. The van der Waals surface area contributed by atoms with E-state index in [9.17, 15) is 14.0 Å². The van der Waals surface area contributed by atoms with E-state index in [0.29, 0.717) is 5.56 Å². The topological polar surface area (TPSA) is 84.2 Å². The molecule has 1 heterocycles. The Morgan fingerprint density at radius 3 is 2.74 bits per heavy atom. The molecule has 1 aromatic heterocycles. The molecule has 6 nitrogen and oxygen atoms in total. The van der Waals surface area contributed by atoms with E-state index in [1.54, 1.807) is 24.0 Å². The number of carboxylic acids is 1. The van der Waals surface area contributed by atoms with Crippen molar-refractivity contribution < 1.29 is 19.1 Å². The van der Waals surface area contributed by atoms with Crippen LogP contribution in [0.2, 0.25) is 0 Å². The first kappa shape index (κ1) is 16.7. The molecule has 122 valence electrons. The van der Waals surface area contributed by atoms with E-state index in [1.165, 1.54) is 6.07 Å². The number of hydrogen-bond donors (Lipinski definition) is 2. The lowest BCUT2D eigenvalue weighted by molar-refractivity contribution is -0.136. The number of carbonyl (C=O) groups is 2. The minimum atomic E-state index is -1.01. The van der Waals surface area contributed by atoms with Crippen LogP contribution in [-0.4, -0.2) is 33.3 Å². The second-order valence-corrected chi connectivity index (χ2v) is 5.12. The zero-order valence-corrected chi connectivity index (χ0v) is 13.0. The van der Waals surface area contributed by atoms with Gasteiger partial charge in [-0.25, -0.2) is 4.39 Å². The molecule has 1 aromatic carbocycles. The summed E-state index contributed by atoms with van der Waals surface area (Å²) in [5.41, 5.74) is 2.42. The van der Waals surface area contributed by atoms with Crippen LogP contribution in [0.4, 0.5) is 4.39 Å². The highest BCUT2D eigenvalue weighted by molar-refractivity contribution is 5.95. The molecular weight excluding hydrogens is 301 g/mol. The van der Waals surface area contributed by atoms with E-state index in [4.69, 9.17) is 5.11 Å². The molecule has 2 rings (SSSR count). The molecule has 0 aliphatic carbocycles. The third kappa shape index (κ3) is 3.94. The van der Waals surface area contributed by atoms with Gasteiger partial charge in [-0.1, -0.05) is 6.92 Å². The largest absolute Gasteiger partial charge is 0.481 e. The van der Waals surface area contributed by atoms with Gasteiger partial charge in [0.2, 0.25) is 0 Å². The molecular formula is C16H18FN3O3. The zero-order chi connectivity index (χ0) is 17.0. The number of benzene rings is 1. The molecule has 0 aliphatic heterocycles. The third-order valence-electron chi connectivity index (χ3n) is 3.45. The second kappa shape index (κ2) is 7.04. The Hall–Kier alpha value is -2.70. The van der Waals surface area contributed by atoms with E-state index in [2.05, 4.69) is 10.4 Å². The molecule has 0 atom stereocenters. The number of amides is 1. The highest BCUT2D eigenvalue weighted by Crippen LogP contribution is 2.25. The van der Waals surface area contributed by atoms with E-state index >= 15 is 0 Å². The van der Waals surface area contributed by atoms with Gasteiger partial charge in [-0.3, -0.25) is 14.3 Å². The van der Waals surface area contributed by atoms with Gasteiger partial charge in [-0.15, -0.1) is 0 Å². The molecule has 2 aromatic rings. The summed E-state index contributed by atoms with van der Waals surface area (Å²) >= 11 is 0. The van der Waals surface area contributed by atoms with Crippen molar-refractivity contribution in [2.45, 2.75) is 19.8 Å². The summed E-state index contributed by atoms with van der Waals surface area (Å²) in [6, 6.07) is 4.06. The van der Waals surface area contributed by atoms with Crippen LogP contribution in [0.25, 0.3) is 11.3 Å². The number of aliphatic carboxylic acids is 1. The number of nitrogens with zero attached hydrogens (tertiary/aromatic N) is 2. The molecule has 0 unspecified atom stereocenters. The number of aromatic nitrogens is 2. The summed E-state index contributed by atoms with van der Waals surface area (Å²) in [5, 5.41) is 15.2. The Morgan fingerprint density at radius 2 is 2.09 bits per heavy atom. The van der Waals surface area contributed by atoms with Crippen molar-refractivity contribution in [3.8, 4) is 11.3 Å². The van der Waals surface area contributed by atoms with E-state index in [0.717, 1.165) is 23.7 Å². The van der Waals surface area contributed by atoms with Gasteiger partial charge in [-0.05, 0) is 30.2 Å². The second-order valence-electron chi connectivity index (χ2n) is 5.12. The Morgan fingerprint density at radius 1 is 1.35 bits per heavy atom. The van der Waals surface area contributed by atoms with Gasteiger partial charge in [0.1, 0.15) is 5.82 Å². The van der Waals surface area contributed by atoms with Crippen molar-refractivity contribution in [1.29, 1.82) is 0 Å². The Bertz CT molecular complexity index is 740. The standard InChI is InChI=1S/C16H18FN3O3/c1-3-10-9-19-20(2)15(10)11-6-12(8-13(17)7-11)16(23)18-5-4-14(21)22/h6-9H,3-5H2,1-2H3,(H,18,23)(H,21,22). The number of rotatable bonds is 6. The number of hydrogen-bond acceptors (Lipinski definition) is 3. The average molecular weight is 319 g/mol. The van der Waals surface area contributed by atoms with Crippen LogP contribution in [0.15, 0.2) is 24.4 Å². The maximum atomic E-state index is 13.9. The average Bonchev–Trinajstić information content (AvgIpc) is 2.87. The van der Waals surface area contributed by atoms with Gasteiger partial charge in [0.15, 0.2) is 0 Å². The maximum Gasteiger partial charge on any atom is 0.305 e. The lowest BCUT2D eigenvalue weighted by Gasteiger charge is -2.09. The van der Waals surface area contributed by atoms with Crippen molar-refractivity contribution in [1.82, 2.24) is 15.1 Å². The van der Waals surface area contributed by atoms with Crippen LogP contribution in [0, 0.1) is 5.82 Å². The molecule has 0 radical (unpaired) electrons. The summed E-state index contributed by atoms with van der Waals surface area (Å²) in [6.07, 6.45) is 2.27. The van der Waals surface area contributed by atoms with Gasteiger partial charge < -0.3 is 10.4 Å². The summed E-state index contributed by atoms with van der Waals surface area (Å²) < 4.78 is 15.5. The van der Waals surface area contributed by atoms with Gasteiger partial charge in [0, 0.05) is 24.7 Å². The molecule has 0 saturated heterocycles. The predicted octanol–water partition coefficient (Wildman–Crippen LogP) is 1.99. The molecule has 0 spiro atoms. The van der Waals surface area contributed by atoms with Crippen LogP contribution in [-0.2, 0) is 18.3 Å². The number of carboxylic acid groups (broad SMARTS) is 1. The van der Waals surface area contributed by atoms with Crippen molar-refractivity contribution in [2.24, 2.45) is 7.05 Å². The minimum absolute atomic E-state index is 0.00800. The summed E-state index contributed by atoms with van der Waals surface area (Å²) in [4.78, 5) is 22.5. The van der Waals surface area contributed by atoms with Crippen LogP contribution in [0.3, 0.4) is 0 Å². The van der Waals surface area contributed by atoms with Crippen LogP contribution >= 0.6 is 0 Å². The van der Waals surface area contributed by atoms with Crippen LogP contribution in [0.5, 0.6) is 0 Å². The smallest absolute Gasteiger partial charge is 0.305 e. The molecule has 0 fully saturated rings. The fraction of sp³-hybridized carbons (Fsp3) is 0.312. The fourth-order valence-electron chi connectivity index (χ4n) is 2.36. The number of aryl methyl sites for hydroxylation is 2. The molecule has 2 N–H and O–H groups in total. The third-order valence-corrected chi connectivity index (χ3v) is 3.45. The first-order chi connectivity index (χ1) is 10.9. The molecule has 0 aliphatic rings. The molecule has 7 heteroatoms. The molecule has 0 saturated carbocycles. The predicted molar refractivity (Wildman–Crippen MR) is 82.6 cm³/mol. The van der Waals surface area contributed by atoms with E-state index < -0.39 is 17.7 Å². The summed E-state index contributed by atoms with van der Waals surface area (Å²) in [6.45, 7) is 1.96. The molecule has 1 amide bonds. The SMILES string of the molecule is CCc1cnn(C)c1-c1cc(F)cc(C(=O)NCCC(=O)O)c1. The highest BCUT2D eigenvalue weighted by atomic mass is 19.1. The minimum Gasteiger partial charge on any atom is -0.481 e. The van der Waals surface area contributed by atoms with Crippen LogP contribution in [0.1, 0.15) is 29.3 Å². The van der Waals surface area contributed by atoms with Gasteiger partial charge in [-0.2, -0.15) is 5.10 Å². The lowest BCUT2D eigenvalue weighted by Crippen LogP contribution is -2.26. The molecule has 23 heavy (non-hydrogen) atoms. The van der Waals surface area contributed by atoms with Crippen molar-refractivity contribution in [2.75, 3.05) is 6.54 Å². The number of halogens is 1. The quantitative estimate of drug-likeness (QED) is 0.853. The van der Waals surface area contributed by atoms with E-state index in [-0.39, 0.29) is 18.5 Å². The van der Waals surface area contributed by atoms with Gasteiger partial charge in [0.25, 0.3) is 5.91 Å². The van der Waals surface area contributed by atoms with E-state index in [1.807, 2.05) is 6.92 Å². The normalized spacial score (nSPS) is 10.6. The highest BCUT2D eigenvalue weighted by Gasteiger charge is 2.14. The number of carbonyl (C=O) groups excluding carboxylic acids is 1. The van der Waals surface area contributed by atoms with Crippen LogP contribution < -0.4 is 5.32 Å². The first-order valence-corrected chi connectivity index (χ1v) is 7.24. The van der Waals surface area contributed by atoms with Gasteiger partial charge in [0.05, 0.1) is 18.3 Å².